The summed E-state index contributed by atoms with van der Waals surface area (Å²) in [5.41, 5.74) is 9.79. The molecule has 0 saturated heterocycles. The fourth-order valence-electron chi connectivity index (χ4n) is 6.85. The summed E-state index contributed by atoms with van der Waals surface area (Å²) in [7, 11) is 1.93. The summed E-state index contributed by atoms with van der Waals surface area (Å²) in [5, 5.41) is 1.71. The Hall–Kier alpha value is -4.31. The smallest absolute Gasteiger partial charge is 0.219 e. The first-order valence-electron chi connectivity index (χ1n) is 14.5. The van der Waals surface area contributed by atoms with Crippen LogP contribution in [0.15, 0.2) is 83.4 Å². The molecule has 0 atom stereocenters. The van der Waals surface area contributed by atoms with Crippen LogP contribution in [-0.2, 0) is 17.9 Å². The summed E-state index contributed by atoms with van der Waals surface area (Å²) >= 11 is 0. The Bertz CT molecular complexity index is 2090. The molecule has 0 unspecified atom stereocenters. The molecule has 42 heavy (non-hydrogen) atoms. The highest BCUT2D eigenvalue weighted by Crippen LogP contribution is 2.50. The first kappa shape index (κ1) is 26.6. The van der Waals surface area contributed by atoms with Crippen LogP contribution in [0.2, 0.25) is 0 Å². The number of hydrogen-bond acceptors (Lipinski definition) is 1. The summed E-state index contributed by atoms with van der Waals surface area (Å²) in [6.45, 7) is 12.5. The van der Waals surface area contributed by atoms with Crippen LogP contribution < -0.4 is 4.57 Å². The van der Waals surface area contributed by atoms with Crippen LogP contribution in [-0.4, -0.2) is 0 Å². The molecule has 2 aromatic heterocycles. The van der Waals surface area contributed by atoms with Crippen LogP contribution in [0.1, 0.15) is 56.9 Å². The lowest BCUT2D eigenvalue weighted by molar-refractivity contribution is -0.661. The van der Waals surface area contributed by atoms with Crippen molar-refractivity contribution in [3.63, 3.8) is 0 Å². The minimum absolute atomic E-state index is 0.206. The van der Waals surface area contributed by atoms with Crippen molar-refractivity contribution in [2.45, 2.75) is 52.4 Å². The number of nitrogens with zero attached hydrogens (tertiary/aromatic N) is 1. The van der Waals surface area contributed by atoms with Crippen LogP contribution in [0.3, 0.4) is 0 Å². The van der Waals surface area contributed by atoms with Gasteiger partial charge in [-0.05, 0) is 63.9 Å². The van der Waals surface area contributed by atoms with Crippen LogP contribution in [0, 0.1) is 18.6 Å². The van der Waals surface area contributed by atoms with Crippen molar-refractivity contribution in [1.82, 2.24) is 0 Å². The number of aryl methyl sites for hydroxylation is 2. The maximum atomic E-state index is 15.8. The van der Waals surface area contributed by atoms with E-state index >= 15 is 8.78 Å². The maximum absolute atomic E-state index is 15.8. The van der Waals surface area contributed by atoms with Crippen molar-refractivity contribution in [1.29, 1.82) is 0 Å². The number of pyridine rings is 1. The Balaban J connectivity index is 1.47. The van der Waals surface area contributed by atoms with Gasteiger partial charge in [0.05, 0.1) is 16.7 Å². The van der Waals surface area contributed by atoms with Crippen LogP contribution >= 0.6 is 0 Å². The van der Waals surface area contributed by atoms with Gasteiger partial charge in [-0.15, -0.1) is 0 Å². The van der Waals surface area contributed by atoms with E-state index < -0.39 is 0 Å². The van der Waals surface area contributed by atoms with Crippen molar-refractivity contribution < 1.29 is 17.8 Å². The van der Waals surface area contributed by atoms with Crippen LogP contribution in [0.4, 0.5) is 8.78 Å². The summed E-state index contributed by atoms with van der Waals surface area (Å²) in [4.78, 5) is 0. The zero-order chi connectivity index (χ0) is 29.7. The third-order valence-electron chi connectivity index (χ3n) is 9.13. The fourth-order valence-corrected chi connectivity index (χ4v) is 6.85. The van der Waals surface area contributed by atoms with Crippen LogP contribution in [0.25, 0.3) is 55.4 Å². The molecule has 0 saturated carbocycles. The minimum atomic E-state index is -0.334. The summed E-state index contributed by atoms with van der Waals surface area (Å²) < 4.78 is 39.9. The Morgan fingerprint density at radius 1 is 0.738 bits per heavy atom. The molecule has 0 radical (unpaired) electrons. The quantitative estimate of drug-likeness (QED) is 0.193. The van der Waals surface area contributed by atoms with Crippen molar-refractivity contribution in [3.05, 3.63) is 113 Å². The van der Waals surface area contributed by atoms with Gasteiger partial charge in [0, 0.05) is 22.3 Å². The molecule has 0 N–H and O–H groups in total. The molecule has 0 fully saturated rings. The summed E-state index contributed by atoms with van der Waals surface area (Å²) in [5.74, 6) is -0.587. The van der Waals surface area contributed by atoms with Crippen molar-refractivity contribution in [3.8, 4) is 33.5 Å². The Morgan fingerprint density at radius 3 is 2.14 bits per heavy atom. The fraction of sp³-hybridized carbons (Fsp3) is 0.237. The maximum Gasteiger partial charge on any atom is 0.219 e. The number of aromatic nitrogens is 1. The number of hydrogen-bond donors (Lipinski definition) is 0. The molecule has 7 rings (SSSR count). The zero-order valence-electron chi connectivity index (χ0n) is 25.1. The first-order valence-corrected chi connectivity index (χ1v) is 14.5. The summed E-state index contributed by atoms with van der Waals surface area (Å²) in [6.07, 6.45) is 1.86. The zero-order valence-corrected chi connectivity index (χ0v) is 25.1. The molecule has 0 amide bonds. The Kier molecular flexibility index (Phi) is 5.60. The second-order valence-corrected chi connectivity index (χ2v) is 13.2. The highest BCUT2D eigenvalue weighted by Gasteiger charge is 2.36. The minimum Gasteiger partial charge on any atom is -0.454 e. The molecule has 4 aromatic carbocycles. The molecule has 4 heteroatoms. The van der Waals surface area contributed by atoms with E-state index in [4.69, 9.17) is 4.42 Å². The normalized spacial score (nSPS) is 14.0. The molecule has 1 aliphatic carbocycles. The molecule has 0 bridgehead atoms. The number of benzene rings is 4. The SMILES string of the molecule is Cc1ccc2c(oc3c(-c4ccc5c(c4)C(C)(C)c4ccccc4-5)c(F)ccc32)c1-c1cc(F)c(C(C)(C)C)c[n+]1C. The molecule has 210 valence electrons. The van der Waals surface area contributed by atoms with Gasteiger partial charge in [0.2, 0.25) is 5.69 Å². The van der Waals surface area contributed by atoms with Gasteiger partial charge in [0.15, 0.2) is 6.20 Å². The first-order chi connectivity index (χ1) is 19.9. The van der Waals surface area contributed by atoms with E-state index in [0.717, 1.165) is 27.5 Å². The predicted molar refractivity (Wildman–Crippen MR) is 167 cm³/mol. The molecule has 2 heterocycles. The lowest BCUT2D eigenvalue weighted by Crippen LogP contribution is -2.34. The van der Waals surface area contributed by atoms with Gasteiger partial charge < -0.3 is 4.42 Å². The van der Waals surface area contributed by atoms with Gasteiger partial charge in [0.25, 0.3) is 0 Å². The largest absolute Gasteiger partial charge is 0.454 e. The number of halogens is 2. The van der Waals surface area contributed by atoms with Crippen molar-refractivity contribution in [2.75, 3.05) is 0 Å². The van der Waals surface area contributed by atoms with Gasteiger partial charge in [-0.1, -0.05) is 83.1 Å². The van der Waals surface area contributed by atoms with E-state index in [1.54, 1.807) is 12.1 Å². The second-order valence-electron chi connectivity index (χ2n) is 13.2. The van der Waals surface area contributed by atoms with Gasteiger partial charge in [-0.25, -0.2) is 13.3 Å². The van der Waals surface area contributed by atoms with E-state index in [-0.39, 0.29) is 22.5 Å². The average molecular weight is 559 g/mol. The number of rotatable bonds is 2. The second kappa shape index (κ2) is 8.84. The number of fused-ring (bicyclic) bond motifs is 6. The van der Waals surface area contributed by atoms with E-state index in [2.05, 4.69) is 50.2 Å². The van der Waals surface area contributed by atoms with Gasteiger partial charge in [-0.3, -0.25) is 0 Å². The van der Waals surface area contributed by atoms with E-state index in [0.29, 0.717) is 28.0 Å². The molecule has 6 aromatic rings. The molecular weight excluding hydrogens is 524 g/mol. The van der Waals surface area contributed by atoms with Crippen molar-refractivity contribution >= 4 is 21.9 Å². The Morgan fingerprint density at radius 2 is 1.40 bits per heavy atom. The number of furan rings is 1. The monoisotopic (exact) mass is 558 g/mol. The van der Waals surface area contributed by atoms with Crippen LogP contribution in [0.5, 0.6) is 0 Å². The highest BCUT2D eigenvalue weighted by molar-refractivity contribution is 6.13. The lowest BCUT2D eigenvalue weighted by atomic mass is 9.81. The third kappa shape index (κ3) is 3.70. The highest BCUT2D eigenvalue weighted by atomic mass is 19.1. The van der Waals surface area contributed by atoms with Gasteiger partial charge >= 0.3 is 0 Å². The molecule has 0 spiro atoms. The van der Waals surface area contributed by atoms with E-state index in [9.17, 15) is 0 Å². The third-order valence-corrected chi connectivity index (χ3v) is 9.13. The van der Waals surface area contributed by atoms with E-state index in [1.807, 2.05) is 63.7 Å². The van der Waals surface area contributed by atoms with E-state index in [1.165, 1.54) is 28.3 Å². The standard InChI is InChI=1S/C38H34F2NO/c1-21-12-14-25-26-16-17-30(39)34(22-13-15-24-23-10-8-9-11-27(23)38(5,6)28(24)18-22)36(26)42-35(25)33(21)32-19-31(40)29(20-41(32)7)37(2,3)4/h8-20H,1-7H3/q+1. The molecule has 1 aliphatic rings. The lowest BCUT2D eigenvalue weighted by Gasteiger charge is -2.22. The Labute approximate surface area is 245 Å². The van der Waals surface area contributed by atoms with Crippen molar-refractivity contribution in [2.24, 2.45) is 7.05 Å². The molecule has 0 aliphatic heterocycles. The topological polar surface area (TPSA) is 17.0 Å². The average Bonchev–Trinajstić information content (AvgIpc) is 3.41. The van der Waals surface area contributed by atoms with Gasteiger partial charge in [-0.2, -0.15) is 0 Å². The van der Waals surface area contributed by atoms with Gasteiger partial charge in [0.1, 0.15) is 29.8 Å². The summed E-state index contributed by atoms with van der Waals surface area (Å²) in [6, 6.07) is 23.6. The molecular formula is C38H34F2NO+. The molecule has 2 nitrogen and oxygen atoms in total. The predicted octanol–water partition coefficient (Wildman–Crippen LogP) is 9.93.